The van der Waals surface area contributed by atoms with Gasteiger partial charge < -0.3 is 5.32 Å². The van der Waals surface area contributed by atoms with Crippen LogP contribution < -0.4 is 5.32 Å². The minimum Gasteiger partial charge on any atom is -0.322 e. The highest BCUT2D eigenvalue weighted by atomic mass is 35.5. The standard InChI is InChI=1S/C24H19ClF3N5O/c1-14(5-21-12-29-13-22(25)32-21)15-3-2-4-20(9-15)33-23(34)17-6-16(18-10-30-31-11-18)7-19(8-17)24(26,27)28/h2-4,6-14H,5H2,1H3,(H,30,31)(H,33,34)/t14-/m1/s1. The first-order valence-corrected chi connectivity index (χ1v) is 10.7. The van der Waals surface area contributed by atoms with Crippen molar-refractivity contribution in [1.82, 2.24) is 20.2 Å². The van der Waals surface area contributed by atoms with E-state index in [1.807, 2.05) is 13.0 Å². The number of alkyl halides is 3. The van der Waals surface area contributed by atoms with E-state index in [4.69, 9.17) is 11.6 Å². The van der Waals surface area contributed by atoms with Crippen molar-refractivity contribution in [3.8, 4) is 11.1 Å². The Kier molecular flexibility index (Phi) is 6.65. The summed E-state index contributed by atoms with van der Waals surface area (Å²) in [5.74, 6) is -0.618. The molecule has 2 N–H and O–H groups in total. The van der Waals surface area contributed by atoms with Crippen LogP contribution in [-0.2, 0) is 12.6 Å². The van der Waals surface area contributed by atoms with Crippen LogP contribution in [0, 0.1) is 0 Å². The first-order chi connectivity index (χ1) is 16.2. The first-order valence-electron chi connectivity index (χ1n) is 10.3. The van der Waals surface area contributed by atoms with Crippen molar-refractivity contribution >= 4 is 23.2 Å². The molecule has 0 aliphatic carbocycles. The molecule has 4 rings (SSSR count). The van der Waals surface area contributed by atoms with E-state index in [9.17, 15) is 18.0 Å². The van der Waals surface area contributed by atoms with Crippen LogP contribution in [0.1, 0.15) is 40.0 Å². The van der Waals surface area contributed by atoms with E-state index in [0.29, 0.717) is 22.8 Å². The number of carbonyl (C=O) groups is 1. The second-order valence-corrected chi connectivity index (χ2v) is 8.19. The van der Waals surface area contributed by atoms with Gasteiger partial charge in [0.2, 0.25) is 0 Å². The Morgan fingerprint density at radius 1 is 1.12 bits per heavy atom. The van der Waals surface area contributed by atoms with Gasteiger partial charge in [0, 0.05) is 29.2 Å². The lowest BCUT2D eigenvalue weighted by Crippen LogP contribution is -2.14. The topological polar surface area (TPSA) is 83.6 Å². The van der Waals surface area contributed by atoms with Crippen molar-refractivity contribution in [2.45, 2.75) is 25.4 Å². The van der Waals surface area contributed by atoms with Gasteiger partial charge in [0.15, 0.2) is 0 Å². The van der Waals surface area contributed by atoms with Gasteiger partial charge in [-0.2, -0.15) is 18.3 Å². The fourth-order valence-electron chi connectivity index (χ4n) is 3.53. The minimum atomic E-state index is -4.60. The Morgan fingerprint density at radius 3 is 2.65 bits per heavy atom. The number of amides is 1. The highest BCUT2D eigenvalue weighted by molar-refractivity contribution is 6.29. The van der Waals surface area contributed by atoms with E-state index in [1.54, 1.807) is 24.4 Å². The Bertz CT molecular complexity index is 1310. The number of anilines is 1. The maximum absolute atomic E-state index is 13.5. The Morgan fingerprint density at radius 2 is 1.94 bits per heavy atom. The third-order valence-corrected chi connectivity index (χ3v) is 5.42. The third kappa shape index (κ3) is 5.60. The highest BCUT2D eigenvalue weighted by Crippen LogP contribution is 2.33. The number of benzene rings is 2. The fourth-order valence-corrected chi connectivity index (χ4v) is 3.70. The molecule has 2 heterocycles. The molecule has 0 saturated carbocycles. The summed E-state index contributed by atoms with van der Waals surface area (Å²) in [5.41, 5.74) is 1.76. The Balaban J connectivity index is 1.56. The largest absolute Gasteiger partial charge is 0.416 e. The van der Waals surface area contributed by atoms with E-state index >= 15 is 0 Å². The highest BCUT2D eigenvalue weighted by Gasteiger charge is 2.32. The van der Waals surface area contributed by atoms with Crippen molar-refractivity contribution in [3.05, 3.63) is 94.8 Å². The van der Waals surface area contributed by atoms with Crippen LogP contribution in [0.5, 0.6) is 0 Å². The average molecular weight is 486 g/mol. The summed E-state index contributed by atoms with van der Waals surface area (Å²) >= 11 is 5.90. The van der Waals surface area contributed by atoms with Crippen LogP contribution in [-0.4, -0.2) is 26.1 Å². The summed E-state index contributed by atoms with van der Waals surface area (Å²) in [4.78, 5) is 21.2. The Hall–Kier alpha value is -3.72. The van der Waals surface area contributed by atoms with E-state index in [0.717, 1.165) is 23.4 Å². The van der Waals surface area contributed by atoms with Crippen molar-refractivity contribution in [2.24, 2.45) is 0 Å². The normalized spacial score (nSPS) is 12.4. The zero-order valence-electron chi connectivity index (χ0n) is 17.9. The van der Waals surface area contributed by atoms with Gasteiger partial charge in [-0.15, -0.1) is 0 Å². The average Bonchev–Trinajstić information content (AvgIpc) is 3.33. The summed E-state index contributed by atoms with van der Waals surface area (Å²) in [6.45, 7) is 1.99. The number of nitrogens with zero attached hydrogens (tertiary/aromatic N) is 3. The number of nitrogens with one attached hydrogen (secondary N) is 2. The number of H-pyrrole nitrogens is 1. The van der Waals surface area contributed by atoms with Crippen LogP contribution in [0.2, 0.25) is 5.15 Å². The van der Waals surface area contributed by atoms with E-state index in [2.05, 4.69) is 25.5 Å². The number of aromatic nitrogens is 4. The molecule has 10 heteroatoms. The van der Waals surface area contributed by atoms with Gasteiger partial charge in [-0.3, -0.25) is 14.9 Å². The van der Waals surface area contributed by atoms with Gasteiger partial charge in [-0.25, -0.2) is 4.98 Å². The monoisotopic (exact) mass is 485 g/mol. The summed E-state index contributed by atoms with van der Waals surface area (Å²) in [5, 5.41) is 9.34. The number of halogens is 4. The number of rotatable bonds is 6. The number of carbonyl (C=O) groups excluding carboxylic acids is 1. The van der Waals surface area contributed by atoms with Crippen molar-refractivity contribution in [2.75, 3.05) is 5.32 Å². The van der Waals surface area contributed by atoms with Gasteiger partial charge in [0.05, 0.1) is 23.7 Å². The summed E-state index contributed by atoms with van der Waals surface area (Å²) in [6, 6.07) is 10.4. The van der Waals surface area contributed by atoms with E-state index in [1.165, 1.54) is 24.7 Å². The van der Waals surface area contributed by atoms with Crippen molar-refractivity contribution < 1.29 is 18.0 Å². The molecule has 34 heavy (non-hydrogen) atoms. The molecule has 2 aromatic heterocycles. The number of aromatic amines is 1. The molecular formula is C24H19ClF3N5O. The predicted molar refractivity (Wildman–Crippen MR) is 123 cm³/mol. The van der Waals surface area contributed by atoms with Gasteiger partial charge in [-0.05, 0) is 53.8 Å². The molecule has 174 valence electrons. The van der Waals surface area contributed by atoms with Crippen LogP contribution in [0.3, 0.4) is 0 Å². The van der Waals surface area contributed by atoms with Gasteiger partial charge in [0.1, 0.15) is 5.15 Å². The molecule has 2 aromatic carbocycles. The molecule has 1 amide bonds. The number of hydrogen-bond donors (Lipinski definition) is 2. The van der Waals surface area contributed by atoms with Crippen LogP contribution in [0.25, 0.3) is 11.1 Å². The predicted octanol–water partition coefficient (Wildman–Crippen LogP) is 6.14. The Labute approximate surface area is 198 Å². The maximum Gasteiger partial charge on any atom is 0.416 e. The zero-order valence-corrected chi connectivity index (χ0v) is 18.7. The van der Waals surface area contributed by atoms with Crippen molar-refractivity contribution in [1.29, 1.82) is 0 Å². The minimum absolute atomic E-state index is 0.0332. The quantitative estimate of drug-likeness (QED) is 0.344. The molecule has 6 nitrogen and oxygen atoms in total. The molecule has 0 saturated heterocycles. The van der Waals surface area contributed by atoms with Gasteiger partial charge in [0.25, 0.3) is 5.91 Å². The number of hydrogen-bond acceptors (Lipinski definition) is 4. The van der Waals surface area contributed by atoms with E-state index < -0.39 is 17.6 Å². The molecular weight excluding hydrogens is 467 g/mol. The molecule has 0 spiro atoms. The SMILES string of the molecule is C[C@H](Cc1cncc(Cl)n1)c1cccc(NC(=O)c2cc(-c3cn[nH]c3)cc(C(F)(F)F)c2)c1. The first kappa shape index (κ1) is 23.4. The smallest absolute Gasteiger partial charge is 0.322 e. The molecule has 0 radical (unpaired) electrons. The fraction of sp³-hybridized carbons (Fsp3) is 0.167. The van der Waals surface area contributed by atoms with E-state index in [-0.39, 0.29) is 17.0 Å². The van der Waals surface area contributed by atoms with Crippen molar-refractivity contribution in [3.63, 3.8) is 0 Å². The lowest BCUT2D eigenvalue weighted by atomic mass is 9.96. The summed E-state index contributed by atoms with van der Waals surface area (Å²) in [6.07, 6.45) is 1.93. The zero-order chi connectivity index (χ0) is 24.3. The lowest BCUT2D eigenvalue weighted by molar-refractivity contribution is -0.137. The maximum atomic E-state index is 13.5. The molecule has 0 aliphatic rings. The van der Waals surface area contributed by atoms with Gasteiger partial charge in [-0.1, -0.05) is 30.7 Å². The lowest BCUT2D eigenvalue weighted by Gasteiger charge is -2.14. The van der Waals surface area contributed by atoms with Crippen LogP contribution >= 0.6 is 11.6 Å². The molecule has 0 fully saturated rings. The molecule has 0 bridgehead atoms. The van der Waals surface area contributed by atoms with Gasteiger partial charge >= 0.3 is 6.18 Å². The van der Waals surface area contributed by atoms with Crippen LogP contribution in [0.4, 0.5) is 18.9 Å². The summed E-state index contributed by atoms with van der Waals surface area (Å²) in [7, 11) is 0. The second kappa shape index (κ2) is 9.64. The van der Waals surface area contributed by atoms with Crippen LogP contribution in [0.15, 0.2) is 67.3 Å². The molecule has 0 unspecified atom stereocenters. The molecule has 1 atom stereocenters. The third-order valence-electron chi connectivity index (χ3n) is 5.24. The molecule has 0 aliphatic heterocycles. The molecule has 4 aromatic rings. The second-order valence-electron chi connectivity index (χ2n) is 7.80. The summed E-state index contributed by atoms with van der Waals surface area (Å²) < 4.78 is 40.4.